The molecule has 84 valence electrons. The molecule has 0 spiro atoms. The highest BCUT2D eigenvalue weighted by atomic mass is 35.5. The predicted molar refractivity (Wildman–Crippen MR) is 60.3 cm³/mol. The fourth-order valence-corrected chi connectivity index (χ4v) is 1.37. The van der Waals surface area contributed by atoms with Gasteiger partial charge in [-0.3, -0.25) is 9.48 Å². The number of nitrogens with zero attached hydrogens (tertiary/aromatic N) is 2. The number of carbonyl (C=O) groups excluding carboxylic acids is 1. The molecule has 0 aliphatic carbocycles. The number of aromatic nitrogens is 2. The average molecular weight is 250 g/mol. The van der Waals surface area contributed by atoms with E-state index < -0.39 is 0 Å². The van der Waals surface area contributed by atoms with Gasteiger partial charge in [-0.25, -0.2) is 0 Å². The van der Waals surface area contributed by atoms with Crippen LogP contribution in [-0.2, 0) is 11.3 Å². The summed E-state index contributed by atoms with van der Waals surface area (Å²) in [6, 6.07) is 0. The molecule has 0 aliphatic heterocycles. The van der Waals surface area contributed by atoms with Crippen LogP contribution in [0.2, 0.25) is 5.02 Å². The van der Waals surface area contributed by atoms with Crippen LogP contribution in [0.1, 0.15) is 12.1 Å². The maximum absolute atomic E-state index is 10.8. The van der Waals surface area contributed by atoms with E-state index in [4.69, 9.17) is 23.2 Å². The van der Waals surface area contributed by atoms with Crippen LogP contribution in [0.4, 0.5) is 0 Å². The van der Waals surface area contributed by atoms with Gasteiger partial charge in [0.1, 0.15) is 5.88 Å². The molecule has 1 aromatic heterocycles. The summed E-state index contributed by atoms with van der Waals surface area (Å²) in [5.74, 6) is -0.140. The first-order valence-corrected chi connectivity index (χ1v) is 5.57. The number of carbonyl (C=O) groups is 1. The zero-order chi connectivity index (χ0) is 11.3. The van der Waals surface area contributed by atoms with E-state index in [-0.39, 0.29) is 11.8 Å². The Morgan fingerprint density at radius 2 is 2.40 bits per heavy atom. The summed E-state index contributed by atoms with van der Waals surface area (Å²) >= 11 is 11.2. The van der Waals surface area contributed by atoms with E-state index in [1.54, 1.807) is 10.9 Å². The number of hydrogen-bond acceptors (Lipinski definition) is 2. The standard InChI is InChI=1S/C9H13Cl2N3O/c1-7-8(11)6-14(13-7)4-2-3-12-9(15)5-10/h6H,2-5H2,1H3,(H,12,15). The summed E-state index contributed by atoms with van der Waals surface area (Å²) in [6.45, 7) is 3.19. The molecule has 0 saturated heterocycles. The van der Waals surface area contributed by atoms with Crippen molar-refractivity contribution in [3.05, 3.63) is 16.9 Å². The lowest BCUT2D eigenvalue weighted by Crippen LogP contribution is -2.26. The highest BCUT2D eigenvalue weighted by Crippen LogP contribution is 2.11. The topological polar surface area (TPSA) is 46.9 Å². The Kier molecular flexibility index (Phi) is 4.91. The second kappa shape index (κ2) is 5.98. The van der Waals surface area contributed by atoms with Gasteiger partial charge >= 0.3 is 0 Å². The van der Waals surface area contributed by atoms with Crippen molar-refractivity contribution in [3.8, 4) is 0 Å². The Morgan fingerprint density at radius 1 is 1.67 bits per heavy atom. The Balaban J connectivity index is 2.23. The van der Waals surface area contributed by atoms with E-state index in [0.717, 1.165) is 18.7 Å². The molecule has 0 fully saturated rings. The SMILES string of the molecule is Cc1nn(CCCNC(=O)CCl)cc1Cl. The molecular weight excluding hydrogens is 237 g/mol. The third kappa shape index (κ3) is 4.10. The van der Waals surface area contributed by atoms with Crippen LogP contribution >= 0.6 is 23.2 Å². The number of halogens is 2. The zero-order valence-corrected chi connectivity index (χ0v) is 9.98. The van der Waals surface area contributed by atoms with E-state index in [1.807, 2.05) is 6.92 Å². The predicted octanol–water partition coefficient (Wildman–Crippen LogP) is 1.59. The fourth-order valence-electron chi connectivity index (χ4n) is 1.12. The number of hydrogen-bond donors (Lipinski definition) is 1. The first kappa shape index (κ1) is 12.3. The molecule has 0 saturated carbocycles. The van der Waals surface area contributed by atoms with Crippen LogP contribution in [0.5, 0.6) is 0 Å². The quantitative estimate of drug-likeness (QED) is 0.637. The van der Waals surface area contributed by atoms with Crippen molar-refractivity contribution in [1.82, 2.24) is 15.1 Å². The Labute approximate surface area is 98.5 Å². The molecule has 0 unspecified atom stereocenters. The van der Waals surface area contributed by atoms with Crippen molar-refractivity contribution in [2.75, 3.05) is 12.4 Å². The molecule has 15 heavy (non-hydrogen) atoms. The van der Waals surface area contributed by atoms with Crippen molar-refractivity contribution >= 4 is 29.1 Å². The molecule has 0 aliphatic rings. The summed E-state index contributed by atoms with van der Waals surface area (Å²) in [6.07, 6.45) is 2.58. The second-order valence-electron chi connectivity index (χ2n) is 3.16. The molecule has 0 aromatic carbocycles. The van der Waals surface area contributed by atoms with Crippen LogP contribution in [0.15, 0.2) is 6.20 Å². The van der Waals surface area contributed by atoms with Crippen LogP contribution in [0, 0.1) is 6.92 Å². The van der Waals surface area contributed by atoms with Gasteiger partial charge in [-0.2, -0.15) is 5.10 Å². The molecule has 0 atom stereocenters. The molecular formula is C9H13Cl2N3O. The van der Waals surface area contributed by atoms with Crippen molar-refractivity contribution in [2.24, 2.45) is 0 Å². The maximum atomic E-state index is 10.8. The van der Waals surface area contributed by atoms with E-state index >= 15 is 0 Å². The number of alkyl halides is 1. The number of aryl methyl sites for hydroxylation is 2. The first-order valence-electron chi connectivity index (χ1n) is 4.65. The minimum Gasteiger partial charge on any atom is -0.355 e. The largest absolute Gasteiger partial charge is 0.355 e. The van der Waals surface area contributed by atoms with Gasteiger partial charge in [0, 0.05) is 19.3 Å². The summed E-state index contributed by atoms with van der Waals surface area (Å²) in [5, 5.41) is 7.54. The fraction of sp³-hybridized carbons (Fsp3) is 0.556. The van der Waals surface area contributed by atoms with Gasteiger partial charge in [-0.05, 0) is 13.3 Å². The number of nitrogens with one attached hydrogen (secondary N) is 1. The van der Waals surface area contributed by atoms with Crippen LogP contribution < -0.4 is 5.32 Å². The normalized spacial score (nSPS) is 10.3. The van der Waals surface area contributed by atoms with Crippen molar-refractivity contribution in [2.45, 2.75) is 19.9 Å². The molecule has 1 amide bonds. The Bertz CT molecular complexity index is 319. The minimum absolute atomic E-state index is 0.00665. The molecule has 0 bridgehead atoms. The third-order valence-electron chi connectivity index (χ3n) is 1.89. The third-order valence-corrected chi connectivity index (χ3v) is 2.51. The van der Waals surface area contributed by atoms with Gasteiger partial charge in [0.05, 0.1) is 10.7 Å². The van der Waals surface area contributed by atoms with Crippen molar-refractivity contribution in [3.63, 3.8) is 0 Å². The molecule has 6 heteroatoms. The summed E-state index contributed by atoms with van der Waals surface area (Å²) < 4.78 is 1.77. The lowest BCUT2D eigenvalue weighted by atomic mass is 10.4. The Morgan fingerprint density at radius 3 is 2.93 bits per heavy atom. The van der Waals surface area contributed by atoms with Gasteiger partial charge in [0.15, 0.2) is 0 Å². The average Bonchev–Trinajstić information content (AvgIpc) is 2.53. The minimum atomic E-state index is -0.147. The molecule has 1 heterocycles. The van der Waals surface area contributed by atoms with Crippen molar-refractivity contribution < 1.29 is 4.79 Å². The van der Waals surface area contributed by atoms with E-state index in [9.17, 15) is 4.79 Å². The van der Waals surface area contributed by atoms with Gasteiger partial charge in [-0.1, -0.05) is 11.6 Å². The molecule has 1 rings (SSSR count). The van der Waals surface area contributed by atoms with Crippen LogP contribution in [0.25, 0.3) is 0 Å². The summed E-state index contributed by atoms with van der Waals surface area (Å²) in [7, 11) is 0. The summed E-state index contributed by atoms with van der Waals surface area (Å²) in [4.78, 5) is 10.8. The molecule has 4 nitrogen and oxygen atoms in total. The van der Waals surface area contributed by atoms with E-state index in [1.165, 1.54) is 0 Å². The monoisotopic (exact) mass is 249 g/mol. The van der Waals surface area contributed by atoms with Gasteiger partial charge in [-0.15, -0.1) is 11.6 Å². The van der Waals surface area contributed by atoms with Gasteiger partial charge in [0.25, 0.3) is 0 Å². The molecule has 1 aromatic rings. The maximum Gasteiger partial charge on any atom is 0.234 e. The highest BCUT2D eigenvalue weighted by Gasteiger charge is 2.01. The van der Waals surface area contributed by atoms with Gasteiger partial charge in [0.2, 0.25) is 5.91 Å². The van der Waals surface area contributed by atoms with Crippen LogP contribution in [-0.4, -0.2) is 28.1 Å². The Hall–Kier alpha value is -0.740. The van der Waals surface area contributed by atoms with Crippen LogP contribution in [0.3, 0.4) is 0 Å². The zero-order valence-electron chi connectivity index (χ0n) is 8.46. The number of rotatable bonds is 5. The lowest BCUT2D eigenvalue weighted by molar-refractivity contribution is -0.118. The lowest BCUT2D eigenvalue weighted by Gasteiger charge is -2.02. The smallest absolute Gasteiger partial charge is 0.234 e. The van der Waals surface area contributed by atoms with E-state index in [2.05, 4.69) is 10.4 Å². The second-order valence-corrected chi connectivity index (χ2v) is 3.84. The summed E-state index contributed by atoms with van der Waals surface area (Å²) in [5.41, 5.74) is 0.821. The number of amides is 1. The van der Waals surface area contributed by atoms with E-state index in [0.29, 0.717) is 11.6 Å². The molecule has 1 N–H and O–H groups in total. The molecule has 0 radical (unpaired) electrons. The van der Waals surface area contributed by atoms with Gasteiger partial charge < -0.3 is 5.32 Å². The first-order chi connectivity index (χ1) is 7.13. The highest BCUT2D eigenvalue weighted by molar-refractivity contribution is 6.31. The van der Waals surface area contributed by atoms with Crippen molar-refractivity contribution in [1.29, 1.82) is 0 Å².